The molecule has 1 amide bonds. The number of ketones is 1. The second kappa shape index (κ2) is 9.48. The van der Waals surface area contributed by atoms with Gasteiger partial charge < -0.3 is 14.7 Å². The molecule has 0 radical (unpaired) electrons. The van der Waals surface area contributed by atoms with Crippen molar-refractivity contribution in [3.63, 3.8) is 0 Å². The van der Waals surface area contributed by atoms with Crippen LogP contribution in [-0.4, -0.2) is 72.0 Å². The molecule has 3 rings (SSSR count). The Morgan fingerprint density at radius 3 is 2.36 bits per heavy atom. The van der Waals surface area contributed by atoms with E-state index in [4.69, 9.17) is 4.74 Å². The van der Waals surface area contributed by atoms with Gasteiger partial charge in [0.15, 0.2) is 5.78 Å². The molecular formula is C22H26N2O4. The molecule has 0 bridgehead atoms. The Kier molecular flexibility index (Phi) is 6.79. The van der Waals surface area contributed by atoms with Crippen molar-refractivity contribution in [1.82, 2.24) is 9.80 Å². The lowest BCUT2D eigenvalue weighted by Crippen LogP contribution is -2.50. The Hall–Kier alpha value is -2.70. The number of benzene rings is 2. The maximum Gasteiger partial charge on any atom is 0.253 e. The van der Waals surface area contributed by atoms with E-state index in [1.54, 1.807) is 24.3 Å². The van der Waals surface area contributed by atoms with E-state index < -0.39 is 6.10 Å². The smallest absolute Gasteiger partial charge is 0.253 e. The molecule has 0 aliphatic carbocycles. The third-order valence-corrected chi connectivity index (χ3v) is 4.83. The Labute approximate surface area is 165 Å². The van der Waals surface area contributed by atoms with Gasteiger partial charge in [0.25, 0.3) is 5.91 Å². The van der Waals surface area contributed by atoms with Crippen LogP contribution in [-0.2, 0) is 0 Å². The van der Waals surface area contributed by atoms with Crippen LogP contribution in [0.15, 0.2) is 54.6 Å². The summed E-state index contributed by atoms with van der Waals surface area (Å²) >= 11 is 0. The van der Waals surface area contributed by atoms with Crippen LogP contribution in [0.2, 0.25) is 0 Å². The quantitative estimate of drug-likeness (QED) is 0.743. The fraction of sp³-hybridized carbons (Fsp3) is 0.364. The van der Waals surface area contributed by atoms with Crippen molar-refractivity contribution < 1.29 is 19.4 Å². The number of rotatable bonds is 7. The van der Waals surface area contributed by atoms with Gasteiger partial charge in [-0.1, -0.05) is 30.3 Å². The van der Waals surface area contributed by atoms with Crippen molar-refractivity contribution in [2.45, 2.75) is 13.0 Å². The number of aliphatic hydroxyl groups excluding tert-OH is 1. The highest BCUT2D eigenvalue weighted by atomic mass is 16.5. The summed E-state index contributed by atoms with van der Waals surface area (Å²) < 4.78 is 5.62. The van der Waals surface area contributed by atoms with E-state index in [0.717, 1.165) is 13.1 Å². The maximum absolute atomic E-state index is 12.5. The SMILES string of the molecule is CC(=O)c1cccc(OCC(O)CN2CCN(C(=O)c3ccccc3)CC2)c1. The highest BCUT2D eigenvalue weighted by Crippen LogP contribution is 2.14. The Morgan fingerprint density at radius 1 is 1.00 bits per heavy atom. The van der Waals surface area contributed by atoms with Crippen molar-refractivity contribution in [2.24, 2.45) is 0 Å². The van der Waals surface area contributed by atoms with Crippen LogP contribution in [0.4, 0.5) is 0 Å². The molecule has 1 atom stereocenters. The van der Waals surface area contributed by atoms with E-state index in [1.165, 1.54) is 6.92 Å². The molecule has 6 heteroatoms. The van der Waals surface area contributed by atoms with Crippen LogP contribution in [0.25, 0.3) is 0 Å². The molecule has 148 valence electrons. The molecule has 1 fully saturated rings. The largest absolute Gasteiger partial charge is 0.491 e. The molecule has 1 N–H and O–H groups in total. The second-order valence-electron chi connectivity index (χ2n) is 7.01. The molecule has 2 aromatic carbocycles. The molecule has 1 heterocycles. The Bertz CT molecular complexity index is 801. The summed E-state index contributed by atoms with van der Waals surface area (Å²) in [5, 5.41) is 10.3. The maximum atomic E-state index is 12.5. The average molecular weight is 382 g/mol. The lowest BCUT2D eigenvalue weighted by atomic mass is 10.1. The van der Waals surface area contributed by atoms with E-state index in [-0.39, 0.29) is 18.3 Å². The zero-order chi connectivity index (χ0) is 19.9. The van der Waals surface area contributed by atoms with Gasteiger partial charge in [-0.2, -0.15) is 0 Å². The first kappa shape index (κ1) is 20.0. The summed E-state index contributed by atoms with van der Waals surface area (Å²) in [5.41, 5.74) is 1.29. The molecule has 0 spiro atoms. The van der Waals surface area contributed by atoms with Crippen molar-refractivity contribution in [2.75, 3.05) is 39.3 Å². The highest BCUT2D eigenvalue weighted by Gasteiger charge is 2.23. The minimum atomic E-state index is -0.641. The Balaban J connectivity index is 1.42. The first-order valence-corrected chi connectivity index (χ1v) is 9.51. The van der Waals surface area contributed by atoms with Crippen LogP contribution >= 0.6 is 0 Å². The van der Waals surface area contributed by atoms with Gasteiger partial charge in [-0.15, -0.1) is 0 Å². The first-order chi connectivity index (χ1) is 13.5. The normalized spacial score (nSPS) is 15.9. The molecule has 1 unspecified atom stereocenters. The number of β-amino-alcohol motifs (C(OH)–C–C–N with tert-alkyl or cyclic N) is 1. The van der Waals surface area contributed by atoms with Gasteiger partial charge in [0.05, 0.1) is 0 Å². The van der Waals surface area contributed by atoms with Crippen LogP contribution < -0.4 is 4.74 Å². The molecule has 1 aliphatic heterocycles. The van der Waals surface area contributed by atoms with Gasteiger partial charge in [0, 0.05) is 43.9 Å². The first-order valence-electron chi connectivity index (χ1n) is 9.51. The number of piperazine rings is 1. The van der Waals surface area contributed by atoms with E-state index in [0.29, 0.717) is 36.5 Å². The molecule has 0 saturated carbocycles. The lowest BCUT2D eigenvalue weighted by molar-refractivity contribution is 0.0403. The summed E-state index contributed by atoms with van der Waals surface area (Å²) in [5.74, 6) is 0.605. The van der Waals surface area contributed by atoms with Crippen molar-refractivity contribution in [1.29, 1.82) is 0 Å². The number of Topliss-reactive ketones (excluding diaryl/α,β-unsaturated/α-hetero) is 1. The van der Waals surface area contributed by atoms with E-state index in [1.807, 2.05) is 35.2 Å². The molecule has 28 heavy (non-hydrogen) atoms. The number of hydrogen-bond acceptors (Lipinski definition) is 5. The van der Waals surface area contributed by atoms with Gasteiger partial charge in [-0.25, -0.2) is 0 Å². The van der Waals surface area contributed by atoms with Gasteiger partial charge >= 0.3 is 0 Å². The molecule has 0 aromatic heterocycles. The highest BCUT2D eigenvalue weighted by molar-refractivity contribution is 5.94. The number of ether oxygens (including phenoxy) is 1. The van der Waals surface area contributed by atoms with Crippen molar-refractivity contribution in [3.05, 3.63) is 65.7 Å². The molecular weight excluding hydrogens is 356 g/mol. The van der Waals surface area contributed by atoms with Crippen LogP contribution in [0.3, 0.4) is 0 Å². The summed E-state index contributed by atoms with van der Waals surface area (Å²) in [4.78, 5) is 27.9. The summed E-state index contributed by atoms with van der Waals surface area (Å²) in [6.07, 6.45) is -0.641. The van der Waals surface area contributed by atoms with E-state index >= 15 is 0 Å². The Morgan fingerprint density at radius 2 is 1.68 bits per heavy atom. The third-order valence-electron chi connectivity index (χ3n) is 4.83. The van der Waals surface area contributed by atoms with Crippen LogP contribution in [0, 0.1) is 0 Å². The van der Waals surface area contributed by atoms with Crippen molar-refractivity contribution >= 4 is 11.7 Å². The molecule has 1 saturated heterocycles. The van der Waals surface area contributed by atoms with Gasteiger partial charge in [-0.3, -0.25) is 14.5 Å². The average Bonchev–Trinajstić information content (AvgIpc) is 2.73. The van der Waals surface area contributed by atoms with Crippen LogP contribution in [0.1, 0.15) is 27.6 Å². The van der Waals surface area contributed by atoms with E-state index in [9.17, 15) is 14.7 Å². The second-order valence-corrected chi connectivity index (χ2v) is 7.01. The van der Waals surface area contributed by atoms with Crippen LogP contribution in [0.5, 0.6) is 5.75 Å². The molecule has 1 aliphatic rings. The predicted molar refractivity (Wildman–Crippen MR) is 107 cm³/mol. The number of carbonyl (C=O) groups is 2. The third kappa shape index (κ3) is 5.41. The van der Waals surface area contributed by atoms with Gasteiger partial charge in [0.2, 0.25) is 0 Å². The zero-order valence-corrected chi connectivity index (χ0v) is 16.1. The van der Waals surface area contributed by atoms with Gasteiger partial charge in [-0.05, 0) is 31.2 Å². The lowest BCUT2D eigenvalue weighted by Gasteiger charge is -2.35. The minimum Gasteiger partial charge on any atom is -0.491 e. The fourth-order valence-electron chi connectivity index (χ4n) is 3.24. The predicted octanol–water partition coefficient (Wildman–Crippen LogP) is 2.09. The summed E-state index contributed by atoms with van der Waals surface area (Å²) in [7, 11) is 0. The number of aliphatic hydroxyl groups is 1. The van der Waals surface area contributed by atoms with Gasteiger partial charge in [0.1, 0.15) is 18.5 Å². The summed E-state index contributed by atoms with van der Waals surface area (Å²) in [6.45, 7) is 4.87. The number of hydrogen-bond donors (Lipinski definition) is 1. The monoisotopic (exact) mass is 382 g/mol. The standard InChI is InChI=1S/C22H26N2O4/c1-17(25)19-8-5-9-21(14-19)28-16-20(26)15-23-10-12-24(13-11-23)22(27)18-6-3-2-4-7-18/h2-9,14,20,26H,10-13,15-16H2,1H3. The van der Waals surface area contributed by atoms with Crippen molar-refractivity contribution in [3.8, 4) is 5.75 Å². The zero-order valence-electron chi connectivity index (χ0n) is 16.1. The molecule has 2 aromatic rings. The van der Waals surface area contributed by atoms with E-state index in [2.05, 4.69) is 4.90 Å². The topological polar surface area (TPSA) is 70.1 Å². The number of amides is 1. The molecule has 6 nitrogen and oxygen atoms in total. The summed E-state index contributed by atoms with van der Waals surface area (Å²) in [6, 6.07) is 16.2. The minimum absolute atomic E-state index is 0.0195. The number of nitrogens with zero attached hydrogens (tertiary/aromatic N) is 2. The fourth-order valence-corrected chi connectivity index (χ4v) is 3.24. The number of carbonyl (C=O) groups excluding carboxylic acids is 2.